The molecule has 6 aromatic rings. The maximum atomic E-state index is 14.2. The molecule has 348 valence electrons. The number of unbranched alkanes of at least 4 members (excludes halogenated alkanes) is 2. The molecular formula is C52H58N8O7. The van der Waals surface area contributed by atoms with Crippen molar-refractivity contribution < 1.29 is 33.8 Å². The van der Waals surface area contributed by atoms with Crippen molar-refractivity contribution in [2.24, 2.45) is 0 Å². The minimum absolute atomic E-state index is 0.0568. The molecule has 67 heavy (non-hydrogen) atoms. The van der Waals surface area contributed by atoms with E-state index >= 15 is 0 Å². The first-order valence-corrected chi connectivity index (χ1v) is 23.0. The summed E-state index contributed by atoms with van der Waals surface area (Å²) in [5.41, 5.74) is 9.92. The number of aromatic nitrogens is 4. The lowest BCUT2D eigenvalue weighted by Gasteiger charge is -2.30. The molecule has 5 N–H and O–H groups in total. The molecule has 1 aromatic heterocycles. The summed E-state index contributed by atoms with van der Waals surface area (Å²) in [5.74, 6) is 0.288. The fraction of sp³-hybridized carbons (Fsp3) is 0.327. The topological polar surface area (TPSA) is 201 Å². The van der Waals surface area contributed by atoms with E-state index in [1.54, 1.807) is 4.90 Å². The Morgan fingerprint density at radius 1 is 0.627 bits per heavy atom. The second kappa shape index (κ2) is 24.7. The summed E-state index contributed by atoms with van der Waals surface area (Å²) in [7, 11) is 0. The first-order chi connectivity index (χ1) is 32.8. The largest absolute Gasteiger partial charge is 0.465 e. The highest BCUT2D eigenvalue weighted by atomic mass is 16.6. The molecule has 0 spiro atoms. The van der Waals surface area contributed by atoms with Crippen LogP contribution >= 0.6 is 0 Å². The fourth-order valence-corrected chi connectivity index (χ4v) is 8.49. The van der Waals surface area contributed by atoms with E-state index in [4.69, 9.17) is 14.6 Å². The molecule has 1 heterocycles. The number of tetrazole rings is 1. The van der Waals surface area contributed by atoms with E-state index < -0.39 is 24.3 Å². The van der Waals surface area contributed by atoms with Crippen molar-refractivity contribution in [1.82, 2.24) is 41.5 Å². The van der Waals surface area contributed by atoms with Crippen molar-refractivity contribution in [1.29, 1.82) is 0 Å². The molecule has 0 saturated carbocycles. The van der Waals surface area contributed by atoms with E-state index in [9.17, 15) is 19.2 Å². The number of aryl methyl sites for hydroxylation is 2. The van der Waals surface area contributed by atoms with Crippen LogP contribution in [0.4, 0.5) is 14.4 Å². The zero-order chi connectivity index (χ0) is 46.6. The predicted octanol–water partition coefficient (Wildman–Crippen LogP) is 8.99. The van der Waals surface area contributed by atoms with Crippen LogP contribution in [0.2, 0.25) is 0 Å². The van der Waals surface area contributed by atoms with Gasteiger partial charge in [0.25, 0.3) is 0 Å². The summed E-state index contributed by atoms with van der Waals surface area (Å²) in [4.78, 5) is 52.0. The molecule has 4 amide bonds. The SMILES string of the molecule is O=C(O)NCCCCC(c1nnn[nH]1)N(CCCNC(=O)OCC1c2ccccc2-c2ccccc21)C(=O)CCc1ccc(-c2ccc(CCCCNC(=O)OCc3ccccc3)cc2)cc1. The van der Waals surface area contributed by atoms with Gasteiger partial charge in [-0.2, -0.15) is 0 Å². The number of benzene rings is 5. The molecular weight excluding hydrogens is 849 g/mol. The molecule has 1 unspecified atom stereocenters. The highest BCUT2D eigenvalue weighted by Gasteiger charge is 2.30. The van der Waals surface area contributed by atoms with Crippen LogP contribution in [-0.2, 0) is 33.7 Å². The van der Waals surface area contributed by atoms with E-state index in [-0.39, 0.29) is 44.5 Å². The number of fused-ring (bicyclic) bond motifs is 3. The van der Waals surface area contributed by atoms with Gasteiger partial charge in [0.15, 0.2) is 5.82 Å². The molecule has 15 heteroatoms. The average Bonchev–Trinajstić information content (AvgIpc) is 4.01. The highest BCUT2D eigenvalue weighted by molar-refractivity contribution is 5.79. The molecule has 0 saturated heterocycles. The number of H-pyrrole nitrogens is 1. The number of alkyl carbamates (subject to hydrolysis) is 2. The minimum Gasteiger partial charge on any atom is -0.465 e. The van der Waals surface area contributed by atoms with Crippen molar-refractivity contribution in [3.63, 3.8) is 0 Å². The highest BCUT2D eigenvalue weighted by Crippen LogP contribution is 2.44. The summed E-state index contributed by atoms with van der Waals surface area (Å²) in [6, 6.07) is 42.2. The molecule has 0 radical (unpaired) electrons. The number of nitrogens with one attached hydrogen (secondary N) is 4. The number of nitrogens with zero attached hydrogens (tertiary/aromatic N) is 4. The third-order valence-electron chi connectivity index (χ3n) is 12.0. The number of rotatable bonds is 24. The van der Waals surface area contributed by atoms with Gasteiger partial charge in [0.1, 0.15) is 13.2 Å². The van der Waals surface area contributed by atoms with Gasteiger partial charge in [0, 0.05) is 38.5 Å². The van der Waals surface area contributed by atoms with E-state index in [2.05, 4.69) is 97.2 Å². The number of carbonyl (C=O) groups is 4. The van der Waals surface area contributed by atoms with Gasteiger partial charge in [0.05, 0.1) is 6.04 Å². The Morgan fingerprint density at radius 3 is 1.85 bits per heavy atom. The Hall–Kier alpha value is -7.55. The summed E-state index contributed by atoms with van der Waals surface area (Å²) in [5, 5.41) is 31.7. The van der Waals surface area contributed by atoms with E-state index in [1.165, 1.54) is 5.56 Å². The van der Waals surface area contributed by atoms with Gasteiger partial charge in [-0.1, -0.05) is 127 Å². The summed E-state index contributed by atoms with van der Waals surface area (Å²) in [6.07, 6.45) is 3.52. The molecule has 0 aliphatic heterocycles. The molecule has 1 aliphatic rings. The zero-order valence-corrected chi connectivity index (χ0v) is 37.6. The van der Waals surface area contributed by atoms with Crippen LogP contribution in [0.25, 0.3) is 22.3 Å². The maximum Gasteiger partial charge on any atom is 0.407 e. The van der Waals surface area contributed by atoms with Crippen LogP contribution in [-0.4, -0.2) is 87.6 Å². The lowest BCUT2D eigenvalue weighted by atomic mass is 9.98. The van der Waals surface area contributed by atoms with Crippen LogP contribution in [0, 0.1) is 0 Å². The average molecular weight is 907 g/mol. The first kappa shape index (κ1) is 47.4. The van der Waals surface area contributed by atoms with Crippen molar-refractivity contribution in [2.75, 3.05) is 32.8 Å². The van der Waals surface area contributed by atoms with Gasteiger partial charge in [-0.15, -0.1) is 5.10 Å². The molecule has 1 aliphatic carbocycles. The zero-order valence-electron chi connectivity index (χ0n) is 37.6. The third kappa shape index (κ3) is 14.0. The number of carbonyl (C=O) groups excluding carboxylic acids is 3. The number of amides is 4. The molecule has 7 rings (SSSR count). The van der Waals surface area contributed by atoms with Crippen molar-refractivity contribution in [2.45, 2.75) is 76.4 Å². The van der Waals surface area contributed by atoms with Gasteiger partial charge in [0.2, 0.25) is 5.91 Å². The van der Waals surface area contributed by atoms with Crippen molar-refractivity contribution in [3.8, 4) is 22.3 Å². The van der Waals surface area contributed by atoms with E-state index in [0.29, 0.717) is 51.0 Å². The van der Waals surface area contributed by atoms with Gasteiger partial charge < -0.3 is 35.4 Å². The predicted molar refractivity (Wildman–Crippen MR) is 254 cm³/mol. The number of aromatic amines is 1. The lowest BCUT2D eigenvalue weighted by molar-refractivity contribution is -0.134. The van der Waals surface area contributed by atoms with Crippen LogP contribution in [0.3, 0.4) is 0 Å². The Balaban J connectivity index is 0.888. The third-order valence-corrected chi connectivity index (χ3v) is 12.0. The summed E-state index contributed by atoms with van der Waals surface area (Å²) >= 11 is 0. The molecule has 15 nitrogen and oxygen atoms in total. The number of hydrogen-bond donors (Lipinski definition) is 5. The van der Waals surface area contributed by atoms with Crippen molar-refractivity contribution in [3.05, 3.63) is 161 Å². The summed E-state index contributed by atoms with van der Waals surface area (Å²) < 4.78 is 11.0. The van der Waals surface area contributed by atoms with Crippen molar-refractivity contribution >= 4 is 24.2 Å². The maximum absolute atomic E-state index is 14.2. The van der Waals surface area contributed by atoms with Gasteiger partial charge in [-0.3, -0.25) is 4.79 Å². The first-order valence-electron chi connectivity index (χ1n) is 23.0. The van der Waals surface area contributed by atoms with Crippen LogP contribution in [0.5, 0.6) is 0 Å². The standard InChI is InChI=1S/C52H58N8O7/c61-48(30-25-38-23-28-41(29-24-38)40-26-21-37(22-27-40)13-8-10-32-54-51(64)66-35-39-14-2-1-3-15-39)60(47(49-56-58-59-57-49)20-9-11-31-53-50(62)63)34-12-33-55-52(65)67-36-46-44-18-6-4-16-42(44)43-17-5-7-19-45(43)46/h1-7,14-19,21-24,26-29,46-47,53H,8-13,20,25,30-36H2,(H,54,64)(H,55,65)(H,62,63)(H,56,57,58,59). The normalized spacial score (nSPS) is 12.1. The molecule has 5 aromatic carbocycles. The fourth-order valence-electron chi connectivity index (χ4n) is 8.49. The Bertz CT molecular complexity index is 2460. The smallest absolute Gasteiger partial charge is 0.407 e. The Morgan fingerprint density at radius 2 is 1.21 bits per heavy atom. The van der Waals surface area contributed by atoms with Gasteiger partial charge >= 0.3 is 18.3 Å². The molecule has 1 atom stereocenters. The lowest BCUT2D eigenvalue weighted by Crippen LogP contribution is -2.38. The Labute approximate surface area is 390 Å². The number of carboxylic acid groups (broad SMARTS) is 1. The second-order valence-corrected chi connectivity index (χ2v) is 16.6. The second-order valence-electron chi connectivity index (χ2n) is 16.6. The van der Waals surface area contributed by atoms with E-state index in [1.807, 2.05) is 66.7 Å². The summed E-state index contributed by atoms with van der Waals surface area (Å²) in [6.45, 7) is 1.88. The van der Waals surface area contributed by atoms with Gasteiger partial charge in [-0.05, 0) is 112 Å². The van der Waals surface area contributed by atoms with E-state index in [0.717, 1.165) is 63.8 Å². The molecule has 0 fully saturated rings. The number of ether oxygens (including phenoxy) is 2. The quantitative estimate of drug-likeness (QED) is 0.0365. The van der Waals surface area contributed by atoms with Gasteiger partial charge in [-0.25, -0.2) is 19.5 Å². The van der Waals surface area contributed by atoms with Crippen LogP contribution in [0.1, 0.15) is 90.5 Å². The van der Waals surface area contributed by atoms with Crippen LogP contribution in [0.15, 0.2) is 127 Å². The minimum atomic E-state index is -1.09. The Kier molecular flexibility index (Phi) is 17.5. The van der Waals surface area contributed by atoms with Crippen LogP contribution < -0.4 is 16.0 Å². The number of hydrogen-bond acceptors (Lipinski definition) is 9. The monoisotopic (exact) mass is 906 g/mol. The molecule has 0 bridgehead atoms.